The van der Waals surface area contributed by atoms with Crippen molar-refractivity contribution in [1.29, 1.82) is 0 Å². The summed E-state index contributed by atoms with van der Waals surface area (Å²) in [4.78, 5) is 24.6. The Balaban J connectivity index is 2.35. The van der Waals surface area contributed by atoms with Crippen molar-refractivity contribution in [1.82, 2.24) is 0 Å². The molecular weight excluding hydrogens is 218 g/mol. The minimum atomic E-state index is -0.336. The fourth-order valence-electron chi connectivity index (χ4n) is 1.95. The van der Waals surface area contributed by atoms with Crippen molar-refractivity contribution in [3.8, 4) is 0 Å². The molecule has 90 valence electrons. The Kier molecular flexibility index (Phi) is 3.13. The number of anilines is 1. The van der Waals surface area contributed by atoms with Crippen LogP contribution in [0.5, 0.6) is 0 Å². The van der Waals surface area contributed by atoms with Gasteiger partial charge in [-0.05, 0) is 25.5 Å². The lowest BCUT2D eigenvalue weighted by Crippen LogP contribution is -2.32. The third-order valence-electron chi connectivity index (χ3n) is 2.96. The lowest BCUT2D eigenvalue weighted by atomic mass is 10.1. The molecule has 4 heteroatoms. The lowest BCUT2D eigenvalue weighted by molar-refractivity contribution is 0.101. The summed E-state index contributed by atoms with van der Waals surface area (Å²) in [6.07, 6.45) is 0.494. The minimum absolute atomic E-state index is 0.00698. The molecule has 4 nitrogen and oxygen atoms in total. The summed E-state index contributed by atoms with van der Waals surface area (Å²) in [5.41, 5.74) is 1.34. The first-order valence-corrected chi connectivity index (χ1v) is 5.70. The normalized spacial score (nSPS) is 19.3. The van der Waals surface area contributed by atoms with Gasteiger partial charge < -0.3 is 4.74 Å². The number of cyclic esters (lactones) is 1. The Labute approximate surface area is 100 Å². The van der Waals surface area contributed by atoms with Gasteiger partial charge in [-0.3, -0.25) is 9.69 Å². The molecule has 1 amide bonds. The van der Waals surface area contributed by atoms with Gasteiger partial charge in [0.05, 0.1) is 6.04 Å². The molecule has 0 N–H and O–H groups in total. The van der Waals surface area contributed by atoms with E-state index in [0.29, 0.717) is 12.2 Å². The number of ketones is 1. The second-order valence-electron chi connectivity index (χ2n) is 4.12. The third kappa shape index (κ3) is 2.16. The lowest BCUT2D eigenvalue weighted by Gasteiger charge is -2.20. The number of ether oxygens (including phenoxy) is 1. The molecule has 1 aromatic carbocycles. The Morgan fingerprint density at radius 1 is 1.53 bits per heavy atom. The van der Waals surface area contributed by atoms with Crippen LogP contribution in [0.15, 0.2) is 24.3 Å². The van der Waals surface area contributed by atoms with E-state index >= 15 is 0 Å². The van der Waals surface area contributed by atoms with Crippen molar-refractivity contribution in [3.63, 3.8) is 0 Å². The molecule has 0 spiro atoms. The average Bonchev–Trinajstić information content (AvgIpc) is 2.70. The van der Waals surface area contributed by atoms with Crippen LogP contribution in [0.3, 0.4) is 0 Å². The summed E-state index contributed by atoms with van der Waals surface area (Å²) in [5.74, 6) is -0.00698. The number of carbonyl (C=O) groups is 2. The topological polar surface area (TPSA) is 46.6 Å². The summed E-state index contributed by atoms with van der Waals surface area (Å²) < 4.78 is 5.03. The number of hydrogen-bond acceptors (Lipinski definition) is 3. The van der Waals surface area contributed by atoms with Crippen LogP contribution in [0.4, 0.5) is 10.5 Å². The molecule has 0 aliphatic carbocycles. The summed E-state index contributed by atoms with van der Waals surface area (Å²) in [7, 11) is 0. The molecule has 0 radical (unpaired) electrons. The fourth-order valence-corrected chi connectivity index (χ4v) is 1.95. The number of hydrogen-bond donors (Lipinski definition) is 0. The van der Waals surface area contributed by atoms with Crippen LogP contribution >= 0.6 is 0 Å². The zero-order valence-electron chi connectivity index (χ0n) is 9.97. The van der Waals surface area contributed by atoms with Crippen LogP contribution in [-0.2, 0) is 4.74 Å². The first-order chi connectivity index (χ1) is 8.13. The van der Waals surface area contributed by atoms with E-state index in [0.717, 1.165) is 12.1 Å². The molecule has 1 heterocycles. The van der Waals surface area contributed by atoms with Gasteiger partial charge in [-0.2, -0.15) is 0 Å². The standard InChI is InChI=1S/C13H15NO3/c1-3-11-8-17-13(16)14(11)12-6-4-5-10(7-12)9(2)15/h4-7,11H,3,8H2,1-2H3/t11-/m1/s1. The van der Waals surface area contributed by atoms with E-state index in [-0.39, 0.29) is 17.9 Å². The highest BCUT2D eigenvalue weighted by Crippen LogP contribution is 2.25. The maximum atomic E-state index is 11.6. The Morgan fingerprint density at radius 2 is 2.29 bits per heavy atom. The summed E-state index contributed by atoms with van der Waals surface area (Å²) >= 11 is 0. The van der Waals surface area contributed by atoms with Crippen LogP contribution in [0, 0.1) is 0 Å². The Hall–Kier alpha value is -1.84. The third-order valence-corrected chi connectivity index (χ3v) is 2.96. The van der Waals surface area contributed by atoms with Gasteiger partial charge in [0, 0.05) is 11.3 Å². The van der Waals surface area contributed by atoms with E-state index in [2.05, 4.69) is 0 Å². The molecule has 1 aromatic rings. The van der Waals surface area contributed by atoms with E-state index in [1.165, 1.54) is 6.92 Å². The zero-order valence-corrected chi connectivity index (χ0v) is 9.97. The van der Waals surface area contributed by atoms with Crippen LogP contribution in [0.1, 0.15) is 30.6 Å². The first kappa shape index (κ1) is 11.6. The maximum Gasteiger partial charge on any atom is 0.414 e. The predicted octanol–water partition coefficient (Wildman–Crippen LogP) is 2.62. The number of nitrogens with zero attached hydrogens (tertiary/aromatic N) is 1. The molecule has 0 saturated carbocycles. The molecule has 2 rings (SSSR count). The number of amides is 1. The molecule has 17 heavy (non-hydrogen) atoms. The van der Waals surface area contributed by atoms with Crippen LogP contribution in [-0.4, -0.2) is 24.5 Å². The van der Waals surface area contributed by atoms with E-state index in [9.17, 15) is 9.59 Å². The highest BCUT2D eigenvalue weighted by molar-refractivity contribution is 5.97. The Bertz CT molecular complexity index is 456. The highest BCUT2D eigenvalue weighted by Gasteiger charge is 2.32. The van der Waals surface area contributed by atoms with Gasteiger partial charge in [0.15, 0.2) is 5.78 Å². The van der Waals surface area contributed by atoms with Gasteiger partial charge in [-0.1, -0.05) is 19.1 Å². The first-order valence-electron chi connectivity index (χ1n) is 5.70. The SMILES string of the molecule is CC[C@@H]1COC(=O)N1c1cccc(C(C)=O)c1. The van der Waals surface area contributed by atoms with Gasteiger partial charge in [-0.25, -0.2) is 4.79 Å². The smallest absolute Gasteiger partial charge is 0.414 e. The molecular formula is C13H15NO3. The van der Waals surface area contributed by atoms with Crippen LogP contribution in [0.25, 0.3) is 0 Å². The van der Waals surface area contributed by atoms with Crippen molar-refractivity contribution in [2.24, 2.45) is 0 Å². The van der Waals surface area contributed by atoms with Crippen molar-refractivity contribution in [3.05, 3.63) is 29.8 Å². The predicted molar refractivity (Wildman–Crippen MR) is 64.4 cm³/mol. The zero-order chi connectivity index (χ0) is 12.4. The molecule has 0 unspecified atom stereocenters. The number of benzene rings is 1. The van der Waals surface area contributed by atoms with E-state index < -0.39 is 0 Å². The van der Waals surface area contributed by atoms with E-state index in [4.69, 9.17) is 4.74 Å². The number of Topliss-reactive ketones (excluding diaryl/α,β-unsaturated/α-hetero) is 1. The quantitative estimate of drug-likeness (QED) is 0.754. The summed E-state index contributed by atoms with van der Waals surface area (Å²) in [6, 6.07) is 7.14. The molecule has 0 bridgehead atoms. The molecule has 1 saturated heterocycles. The second-order valence-corrected chi connectivity index (χ2v) is 4.12. The van der Waals surface area contributed by atoms with E-state index in [1.807, 2.05) is 13.0 Å². The monoisotopic (exact) mass is 233 g/mol. The summed E-state index contributed by atoms with van der Waals surface area (Å²) in [6.45, 7) is 3.94. The van der Waals surface area contributed by atoms with E-state index in [1.54, 1.807) is 23.1 Å². The molecule has 1 aliphatic rings. The number of rotatable bonds is 3. The minimum Gasteiger partial charge on any atom is -0.447 e. The van der Waals surface area contributed by atoms with Gasteiger partial charge in [0.2, 0.25) is 0 Å². The van der Waals surface area contributed by atoms with Crippen molar-refractivity contribution in [2.45, 2.75) is 26.3 Å². The van der Waals surface area contributed by atoms with Gasteiger partial charge >= 0.3 is 6.09 Å². The largest absolute Gasteiger partial charge is 0.447 e. The van der Waals surface area contributed by atoms with Crippen molar-refractivity contribution >= 4 is 17.6 Å². The fraction of sp³-hybridized carbons (Fsp3) is 0.385. The average molecular weight is 233 g/mol. The number of carbonyl (C=O) groups excluding carboxylic acids is 2. The van der Waals surface area contributed by atoms with Gasteiger partial charge in [0.25, 0.3) is 0 Å². The van der Waals surface area contributed by atoms with Crippen molar-refractivity contribution in [2.75, 3.05) is 11.5 Å². The van der Waals surface area contributed by atoms with Crippen LogP contribution in [0.2, 0.25) is 0 Å². The van der Waals surface area contributed by atoms with Crippen molar-refractivity contribution < 1.29 is 14.3 Å². The highest BCUT2D eigenvalue weighted by atomic mass is 16.6. The Morgan fingerprint density at radius 3 is 2.94 bits per heavy atom. The van der Waals surface area contributed by atoms with Crippen LogP contribution < -0.4 is 4.90 Å². The van der Waals surface area contributed by atoms with Gasteiger partial charge in [0.1, 0.15) is 6.61 Å². The molecule has 1 fully saturated rings. The molecule has 0 aromatic heterocycles. The molecule has 1 aliphatic heterocycles. The maximum absolute atomic E-state index is 11.6. The molecule has 1 atom stereocenters. The second kappa shape index (κ2) is 4.57. The summed E-state index contributed by atoms with van der Waals surface area (Å²) in [5, 5.41) is 0. The van der Waals surface area contributed by atoms with Gasteiger partial charge in [-0.15, -0.1) is 0 Å².